The van der Waals surface area contributed by atoms with Crippen LogP contribution in [0.25, 0.3) is 6.08 Å². The van der Waals surface area contributed by atoms with E-state index < -0.39 is 6.09 Å². The Balaban J connectivity index is 1.73. The number of hydrogen-bond acceptors (Lipinski definition) is 4. The van der Waals surface area contributed by atoms with Crippen molar-refractivity contribution in [3.05, 3.63) is 60.2 Å². The van der Waals surface area contributed by atoms with E-state index >= 15 is 0 Å². The van der Waals surface area contributed by atoms with Gasteiger partial charge in [0, 0.05) is 13.1 Å². The number of carbonyl (C=O) groups excluding carboxylic acids is 2. The van der Waals surface area contributed by atoms with Crippen LogP contribution in [0.3, 0.4) is 0 Å². The van der Waals surface area contributed by atoms with Gasteiger partial charge in [0.15, 0.2) is 0 Å². The maximum atomic E-state index is 12.4. The Bertz CT molecular complexity index is 737. The Kier molecular flexibility index (Phi) is 4.23. The Labute approximate surface area is 134 Å². The molecular weight excluding hydrogens is 294 g/mol. The van der Waals surface area contributed by atoms with Gasteiger partial charge in [0.2, 0.25) is 0 Å². The van der Waals surface area contributed by atoms with E-state index in [1.165, 1.54) is 11.0 Å². The van der Waals surface area contributed by atoms with Crippen LogP contribution in [-0.2, 0) is 23.0 Å². The number of aromatic nitrogens is 2. The van der Waals surface area contributed by atoms with E-state index in [4.69, 9.17) is 4.74 Å². The molecule has 1 aromatic carbocycles. The summed E-state index contributed by atoms with van der Waals surface area (Å²) < 4.78 is 6.83. The maximum absolute atomic E-state index is 12.4. The summed E-state index contributed by atoms with van der Waals surface area (Å²) in [4.78, 5) is 29.4. The van der Waals surface area contributed by atoms with E-state index in [-0.39, 0.29) is 18.6 Å². The number of amides is 2. The van der Waals surface area contributed by atoms with E-state index in [0.717, 1.165) is 11.3 Å². The molecule has 6 nitrogen and oxygen atoms in total. The zero-order valence-electron chi connectivity index (χ0n) is 12.8. The van der Waals surface area contributed by atoms with Crippen LogP contribution in [0.5, 0.6) is 0 Å². The van der Waals surface area contributed by atoms with Gasteiger partial charge in [0.25, 0.3) is 5.91 Å². The average molecular weight is 311 g/mol. The number of hydrogen-bond donors (Lipinski definition) is 0. The van der Waals surface area contributed by atoms with E-state index in [1.807, 2.05) is 37.4 Å². The third-order valence-corrected chi connectivity index (χ3v) is 3.76. The standard InChI is InChI=1S/C17H17N3O3/c1-19-12-18-10-14(19)7-8-16(21)20-15(11-23-17(20)22)9-13-5-3-2-4-6-13/h2-8,10,12,15H,9,11H2,1H3/b8-7+/t15-/m0/s1. The topological polar surface area (TPSA) is 64.4 Å². The van der Waals surface area contributed by atoms with Gasteiger partial charge in [-0.2, -0.15) is 0 Å². The molecule has 1 aliphatic rings. The maximum Gasteiger partial charge on any atom is 0.417 e. The second kappa shape index (κ2) is 6.48. The summed E-state index contributed by atoms with van der Waals surface area (Å²) >= 11 is 0. The molecule has 1 atom stereocenters. The van der Waals surface area contributed by atoms with Gasteiger partial charge in [-0.25, -0.2) is 14.7 Å². The lowest BCUT2D eigenvalue weighted by Crippen LogP contribution is -2.39. The summed E-state index contributed by atoms with van der Waals surface area (Å²) in [5, 5.41) is 0. The fourth-order valence-electron chi connectivity index (χ4n) is 2.53. The van der Waals surface area contributed by atoms with E-state index in [9.17, 15) is 9.59 Å². The molecule has 2 heterocycles. The zero-order chi connectivity index (χ0) is 16.2. The number of carbonyl (C=O) groups is 2. The van der Waals surface area contributed by atoms with Crippen molar-refractivity contribution < 1.29 is 14.3 Å². The van der Waals surface area contributed by atoms with Crippen LogP contribution in [0.15, 0.2) is 48.9 Å². The average Bonchev–Trinajstić information content (AvgIpc) is 3.12. The zero-order valence-corrected chi connectivity index (χ0v) is 12.8. The number of aryl methyl sites for hydroxylation is 1. The van der Waals surface area contributed by atoms with Crippen molar-refractivity contribution >= 4 is 18.1 Å². The fraction of sp³-hybridized carbons (Fsp3) is 0.235. The highest BCUT2D eigenvalue weighted by Crippen LogP contribution is 2.18. The molecule has 0 saturated carbocycles. The van der Waals surface area contributed by atoms with Gasteiger partial charge in [-0.05, 0) is 18.1 Å². The monoisotopic (exact) mass is 311 g/mol. The molecule has 0 spiro atoms. The first-order chi connectivity index (χ1) is 11.1. The van der Waals surface area contributed by atoms with Crippen molar-refractivity contribution in [1.82, 2.24) is 14.5 Å². The van der Waals surface area contributed by atoms with Crippen molar-refractivity contribution in [2.24, 2.45) is 7.05 Å². The van der Waals surface area contributed by atoms with Crippen molar-refractivity contribution in [3.63, 3.8) is 0 Å². The first-order valence-corrected chi connectivity index (χ1v) is 7.33. The summed E-state index contributed by atoms with van der Waals surface area (Å²) in [5.41, 5.74) is 1.84. The summed E-state index contributed by atoms with van der Waals surface area (Å²) in [6.07, 6.45) is 6.30. The molecule has 0 radical (unpaired) electrons. The minimum absolute atomic E-state index is 0.221. The number of rotatable bonds is 4. The summed E-state index contributed by atoms with van der Waals surface area (Å²) in [7, 11) is 1.83. The lowest BCUT2D eigenvalue weighted by Gasteiger charge is -2.18. The van der Waals surface area contributed by atoms with Crippen molar-refractivity contribution in [2.45, 2.75) is 12.5 Å². The first kappa shape index (κ1) is 15.0. The van der Waals surface area contributed by atoms with Crippen LogP contribution >= 0.6 is 0 Å². The predicted octanol–water partition coefficient (Wildman–Crippen LogP) is 2.02. The lowest BCUT2D eigenvalue weighted by atomic mass is 10.1. The van der Waals surface area contributed by atoms with Gasteiger partial charge >= 0.3 is 6.09 Å². The van der Waals surface area contributed by atoms with Gasteiger partial charge in [-0.15, -0.1) is 0 Å². The third kappa shape index (κ3) is 3.31. The van der Waals surface area contributed by atoms with Gasteiger partial charge in [0.05, 0.1) is 24.3 Å². The molecule has 0 unspecified atom stereocenters. The Morgan fingerprint density at radius 3 is 2.87 bits per heavy atom. The van der Waals surface area contributed by atoms with Crippen LogP contribution in [0, 0.1) is 0 Å². The number of imide groups is 1. The van der Waals surface area contributed by atoms with Gasteiger partial charge in [0.1, 0.15) is 6.61 Å². The number of imidazole rings is 1. The molecule has 1 aliphatic heterocycles. The second-order valence-corrected chi connectivity index (χ2v) is 5.39. The van der Waals surface area contributed by atoms with Crippen LogP contribution in [0.1, 0.15) is 11.3 Å². The molecular formula is C17H17N3O3. The molecule has 1 aromatic heterocycles. The SMILES string of the molecule is Cn1cncc1/C=C/C(=O)N1C(=O)OC[C@@H]1Cc1ccccc1. The predicted molar refractivity (Wildman–Crippen MR) is 84.4 cm³/mol. The highest BCUT2D eigenvalue weighted by atomic mass is 16.6. The van der Waals surface area contributed by atoms with E-state index in [0.29, 0.717) is 6.42 Å². The molecule has 0 N–H and O–H groups in total. The lowest BCUT2D eigenvalue weighted by molar-refractivity contribution is -0.124. The quantitative estimate of drug-likeness (QED) is 0.810. The molecule has 6 heteroatoms. The van der Waals surface area contributed by atoms with Gasteiger partial charge in [-0.1, -0.05) is 30.3 Å². The van der Waals surface area contributed by atoms with Crippen molar-refractivity contribution in [3.8, 4) is 0 Å². The van der Waals surface area contributed by atoms with Crippen LogP contribution in [-0.4, -0.2) is 39.1 Å². The number of cyclic esters (lactones) is 1. The van der Waals surface area contributed by atoms with Crippen molar-refractivity contribution in [1.29, 1.82) is 0 Å². The summed E-state index contributed by atoms with van der Waals surface area (Å²) in [5.74, 6) is -0.380. The van der Waals surface area contributed by atoms with Gasteiger partial charge in [-0.3, -0.25) is 4.79 Å². The summed E-state index contributed by atoms with van der Waals surface area (Å²) in [6.45, 7) is 0.221. The molecule has 1 fully saturated rings. The smallest absolute Gasteiger partial charge is 0.417 e. The Morgan fingerprint density at radius 2 is 2.17 bits per heavy atom. The summed E-state index contributed by atoms with van der Waals surface area (Å²) in [6, 6.07) is 9.45. The number of nitrogens with zero attached hydrogens (tertiary/aromatic N) is 3. The molecule has 0 aliphatic carbocycles. The highest BCUT2D eigenvalue weighted by molar-refractivity contribution is 6.01. The number of ether oxygens (including phenoxy) is 1. The molecule has 3 rings (SSSR count). The third-order valence-electron chi connectivity index (χ3n) is 3.76. The van der Waals surface area contributed by atoms with Crippen LogP contribution < -0.4 is 0 Å². The Hall–Kier alpha value is -2.89. The minimum Gasteiger partial charge on any atom is -0.447 e. The van der Waals surface area contributed by atoms with Gasteiger partial charge < -0.3 is 9.30 Å². The minimum atomic E-state index is -0.592. The normalized spacial score (nSPS) is 17.7. The molecule has 0 bridgehead atoms. The number of benzene rings is 1. The highest BCUT2D eigenvalue weighted by Gasteiger charge is 2.36. The molecule has 2 amide bonds. The largest absolute Gasteiger partial charge is 0.447 e. The van der Waals surface area contributed by atoms with Crippen LogP contribution in [0.2, 0.25) is 0 Å². The second-order valence-electron chi connectivity index (χ2n) is 5.39. The first-order valence-electron chi connectivity index (χ1n) is 7.33. The van der Waals surface area contributed by atoms with Crippen molar-refractivity contribution in [2.75, 3.05) is 6.61 Å². The van der Waals surface area contributed by atoms with E-state index in [1.54, 1.807) is 23.2 Å². The molecule has 23 heavy (non-hydrogen) atoms. The molecule has 1 saturated heterocycles. The van der Waals surface area contributed by atoms with E-state index in [2.05, 4.69) is 4.98 Å². The fourth-order valence-corrected chi connectivity index (χ4v) is 2.53. The molecule has 2 aromatic rings. The van der Waals surface area contributed by atoms with Crippen LogP contribution in [0.4, 0.5) is 4.79 Å². The Morgan fingerprint density at radius 1 is 1.39 bits per heavy atom. The molecule has 118 valence electrons.